The molecule has 1 aliphatic heterocycles. The van der Waals surface area contributed by atoms with E-state index in [4.69, 9.17) is 14.2 Å². The standard InChI is InChI=1S/C36H34N2O6/c1-42-33(39)21-13-20-32-34-30(22-24-37(32)23-11-4-12-25-43-35(40)28-16-7-3-8-17-28)29-18-9-10-19-31(29)38(34)36(41)44-26-27-14-5-2-6-15-27/h2-19,21,25,32H,20,22-24,26H2,1H3. The third kappa shape index (κ3) is 7.22. The van der Waals surface area contributed by atoms with Crippen LogP contribution in [0.3, 0.4) is 0 Å². The molecule has 0 fully saturated rings. The van der Waals surface area contributed by atoms with Crippen molar-refractivity contribution in [2.24, 2.45) is 0 Å². The molecule has 0 bridgehead atoms. The average molecular weight is 591 g/mol. The van der Waals surface area contributed by atoms with Gasteiger partial charge < -0.3 is 14.2 Å². The molecule has 0 spiro atoms. The molecule has 0 N–H and O–H groups in total. The van der Waals surface area contributed by atoms with E-state index in [-0.39, 0.29) is 12.6 Å². The van der Waals surface area contributed by atoms with E-state index in [0.29, 0.717) is 18.5 Å². The second-order valence-corrected chi connectivity index (χ2v) is 10.2. The number of nitrogens with zero attached hydrogens (tertiary/aromatic N) is 2. The van der Waals surface area contributed by atoms with Crippen LogP contribution >= 0.6 is 0 Å². The first-order chi connectivity index (χ1) is 21.6. The molecule has 0 saturated heterocycles. The molecular weight excluding hydrogens is 556 g/mol. The molecule has 1 unspecified atom stereocenters. The highest BCUT2D eigenvalue weighted by atomic mass is 16.5. The van der Waals surface area contributed by atoms with E-state index in [0.717, 1.165) is 40.7 Å². The predicted octanol–water partition coefficient (Wildman–Crippen LogP) is 6.77. The molecule has 2 heterocycles. The molecule has 0 saturated carbocycles. The van der Waals surface area contributed by atoms with Gasteiger partial charge in [-0.3, -0.25) is 4.90 Å². The van der Waals surface area contributed by atoms with E-state index in [1.807, 2.05) is 72.8 Å². The highest BCUT2D eigenvalue weighted by molar-refractivity contribution is 5.94. The lowest BCUT2D eigenvalue weighted by Crippen LogP contribution is -2.37. The zero-order chi connectivity index (χ0) is 30.7. The number of aromatic nitrogens is 1. The Hall–Kier alpha value is -5.21. The average Bonchev–Trinajstić information content (AvgIpc) is 3.41. The van der Waals surface area contributed by atoms with Gasteiger partial charge in [-0.25, -0.2) is 19.0 Å². The second kappa shape index (κ2) is 14.8. The van der Waals surface area contributed by atoms with Gasteiger partial charge in [-0.2, -0.15) is 0 Å². The Kier molecular flexibility index (Phi) is 10.2. The largest absolute Gasteiger partial charge is 0.466 e. The lowest BCUT2D eigenvalue weighted by Gasteiger charge is -2.35. The maximum Gasteiger partial charge on any atom is 0.419 e. The summed E-state index contributed by atoms with van der Waals surface area (Å²) in [5.74, 6) is -0.867. The van der Waals surface area contributed by atoms with Crippen molar-refractivity contribution in [2.75, 3.05) is 20.2 Å². The van der Waals surface area contributed by atoms with Gasteiger partial charge in [0.25, 0.3) is 0 Å². The van der Waals surface area contributed by atoms with Gasteiger partial charge in [0.15, 0.2) is 0 Å². The smallest absolute Gasteiger partial charge is 0.419 e. The summed E-state index contributed by atoms with van der Waals surface area (Å²) in [5.41, 5.74) is 4.12. The molecule has 0 radical (unpaired) electrons. The molecular formula is C36H34N2O6. The van der Waals surface area contributed by atoms with Crippen LogP contribution in [0.25, 0.3) is 10.9 Å². The van der Waals surface area contributed by atoms with Gasteiger partial charge in [-0.05, 0) is 48.2 Å². The fourth-order valence-electron chi connectivity index (χ4n) is 5.41. The zero-order valence-electron chi connectivity index (χ0n) is 24.5. The van der Waals surface area contributed by atoms with Gasteiger partial charge in [0.05, 0.1) is 36.2 Å². The Morgan fingerprint density at radius 3 is 2.39 bits per heavy atom. The molecule has 224 valence electrons. The zero-order valence-corrected chi connectivity index (χ0v) is 24.5. The number of benzene rings is 3. The number of esters is 2. The van der Waals surface area contributed by atoms with Crippen LogP contribution in [-0.2, 0) is 32.0 Å². The molecule has 8 heteroatoms. The Morgan fingerprint density at radius 1 is 0.886 bits per heavy atom. The third-order valence-corrected chi connectivity index (χ3v) is 7.48. The van der Waals surface area contributed by atoms with Crippen molar-refractivity contribution in [3.63, 3.8) is 0 Å². The highest BCUT2D eigenvalue weighted by Gasteiger charge is 2.34. The molecule has 8 nitrogen and oxygen atoms in total. The van der Waals surface area contributed by atoms with E-state index >= 15 is 0 Å². The number of methoxy groups -OCH3 is 1. The van der Waals surface area contributed by atoms with Crippen molar-refractivity contribution in [3.8, 4) is 0 Å². The maximum absolute atomic E-state index is 13.7. The number of rotatable bonds is 10. The van der Waals surface area contributed by atoms with Crippen LogP contribution in [-0.4, -0.2) is 47.7 Å². The van der Waals surface area contributed by atoms with Crippen LogP contribution in [0.2, 0.25) is 0 Å². The van der Waals surface area contributed by atoms with Gasteiger partial charge in [-0.1, -0.05) is 85.0 Å². The van der Waals surface area contributed by atoms with E-state index < -0.39 is 18.0 Å². The summed E-state index contributed by atoms with van der Waals surface area (Å²) in [7, 11) is 1.34. The minimum absolute atomic E-state index is 0.154. The Labute approximate surface area is 256 Å². The Morgan fingerprint density at radius 2 is 1.61 bits per heavy atom. The number of fused-ring (bicyclic) bond motifs is 3. The number of carbonyl (C=O) groups is 3. The molecule has 4 aromatic rings. The van der Waals surface area contributed by atoms with Crippen molar-refractivity contribution >= 4 is 28.9 Å². The fraction of sp³-hybridized carbons (Fsp3) is 0.194. The summed E-state index contributed by atoms with van der Waals surface area (Å²) in [6.07, 6.45) is 10.8. The minimum atomic E-state index is -0.450. The Bertz CT molecular complexity index is 1690. The Balaban J connectivity index is 1.39. The molecule has 1 atom stereocenters. The van der Waals surface area contributed by atoms with Crippen molar-refractivity contribution < 1.29 is 28.6 Å². The molecule has 3 aromatic carbocycles. The number of para-hydroxylation sites is 1. The third-order valence-electron chi connectivity index (χ3n) is 7.48. The summed E-state index contributed by atoms with van der Waals surface area (Å²) in [6.45, 7) is 1.46. The van der Waals surface area contributed by atoms with Crippen molar-refractivity contribution in [1.29, 1.82) is 0 Å². The van der Waals surface area contributed by atoms with Crippen LogP contribution in [0, 0.1) is 0 Å². The number of carbonyl (C=O) groups excluding carboxylic acids is 3. The summed E-state index contributed by atoms with van der Waals surface area (Å²) < 4.78 is 17.5. The number of hydrogen-bond acceptors (Lipinski definition) is 7. The molecule has 5 rings (SSSR count). The molecule has 44 heavy (non-hydrogen) atoms. The number of hydrogen-bond donors (Lipinski definition) is 0. The summed E-state index contributed by atoms with van der Waals surface area (Å²) >= 11 is 0. The van der Waals surface area contributed by atoms with Gasteiger partial charge in [-0.15, -0.1) is 0 Å². The van der Waals surface area contributed by atoms with Crippen LogP contribution in [0.15, 0.2) is 122 Å². The molecule has 1 aromatic heterocycles. The first-order valence-electron chi connectivity index (χ1n) is 14.5. The highest BCUT2D eigenvalue weighted by Crippen LogP contribution is 2.39. The number of allylic oxidation sites excluding steroid dienone is 2. The lowest BCUT2D eigenvalue weighted by molar-refractivity contribution is -0.134. The molecule has 0 amide bonds. The fourth-order valence-corrected chi connectivity index (χ4v) is 5.41. The first kappa shape index (κ1) is 30.3. The summed E-state index contributed by atoms with van der Waals surface area (Å²) in [4.78, 5) is 40.0. The second-order valence-electron chi connectivity index (χ2n) is 10.2. The van der Waals surface area contributed by atoms with E-state index in [9.17, 15) is 14.4 Å². The van der Waals surface area contributed by atoms with Crippen molar-refractivity contribution in [3.05, 3.63) is 144 Å². The normalized spacial score (nSPS) is 15.2. The predicted molar refractivity (Wildman–Crippen MR) is 168 cm³/mol. The van der Waals surface area contributed by atoms with Crippen LogP contribution in [0.4, 0.5) is 4.79 Å². The van der Waals surface area contributed by atoms with Gasteiger partial charge >= 0.3 is 18.0 Å². The lowest BCUT2D eigenvalue weighted by atomic mass is 9.95. The summed E-state index contributed by atoms with van der Waals surface area (Å²) in [5, 5.41) is 1.01. The van der Waals surface area contributed by atoms with Gasteiger partial charge in [0.1, 0.15) is 6.61 Å². The van der Waals surface area contributed by atoms with E-state index in [1.165, 1.54) is 19.4 Å². The van der Waals surface area contributed by atoms with Crippen LogP contribution < -0.4 is 0 Å². The molecule has 0 aliphatic carbocycles. The van der Waals surface area contributed by atoms with Gasteiger partial charge in [0, 0.05) is 24.6 Å². The minimum Gasteiger partial charge on any atom is -0.466 e. The summed E-state index contributed by atoms with van der Waals surface area (Å²) in [6, 6.07) is 26.0. The quantitative estimate of drug-likeness (QED) is 0.0662. The maximum atomic E-state index is 13.7. The topological polar surface area (TPSA) is 87.1 Å². The first-order valence-corrected chi connectivity index (χ1v) is 14.5. The van der Waals surface area contributed by atoms with Crippen LogP contribution in [0.5, 0.6) is 0 Å². The number of ether oxygens (including phenoxy) is 3. The van der Waals surface area contributed by atoms with E-state index in [1.54, 1.807) is 41.0 Å². The van der Waals surface area contributed by atoms with Gasteiger partial charge in [0.2, 0.25) is 0 Å². The van der Waals surface area contributed by atoms with Crippen molar-refractivity contribution in [2.45, 2.75) is 25.5 Å². The van der Waals surface area contributed by atoms with Crippen LogP contribution in [0.1, 0.15) is 39.6 Å². The van der Waals surface area contributed by atoms with E-state index in [2.05, 4.69) is 4.90 Å². The SMILES string of the molecule is COC(=O)C=CCC1c2c(c3ccccc3n2C(=O)OCc2ccccc2)CCN1CC=CC=COC(=O)c1ccccc1. The monoisotopic (exact) mass is 590 g/mol. The molecule has 1 aliphatic rings. The van der Waals surface area contributed by atoms with Crippen molar-refractivity contribution in [1.82, 2.24) is 9.47 Å².